The molecule has 2 rings (SSSR count). The molecule has 17 heavy (non-hydrogen) atoms. The normalized spacial score (nSPS) is 17.4. The van der Waals surface area contributed by atoms with Crippen LogP contribution in [0.2, 0.25) is 0 Å². The maximum atomic E-state index is 4.62. The van der Waals surface area contributed by atoms with Crippen molar-refractivity contribution in [2.45, 2.75) is 45.2 Å². The average molecular weight is 251 g/mol. The summed E-state index contributed by atoms with van der Waals surface area (Å²) in [6, 6.07) is 4.83. The number of aliphatic imine (C=N–C) groups is 1. The molecule has 1 aromatic heterocycles. The van der Waals surface area contributed by atoms with Crippen molar-refractivity contribution in [1.29, 1.82) is 0 Å². The molecule has 4 heteroatoms. The predicted octanol–water partition coefficient (Wildman–Crippen LogP) is 2.75. The van der Waals surface area contributed by atoms with Crippen LogP contribution in [0, 0.1) is 0 Å². The molecule has 94 valence electrons. The maximum Gasteiger partial charge on any atom is 0.191 e. The third-order valence-corrected chi connectivity index (χ3v) is 3.87. The largest absolute Gasteiger partial charge is 0.357 e. The van der Waals surface area contributed by atoms with E-state index in [0.29, 0.717) is 6.04 Å². The lowest BCUT2D eigenvalue weighted by Gasteiger charge is -2.16. The SMILES string of the molecule is CCNC(=NCc1cccs1)NC1CCCC1. The number of rotatable bonds is 4. The van der Waals surface area contributed by atoms with Crippen molar-refractivity contribution < 1.29 is 0 Å². The number of hydrogen-bond donors (Lipinski definition) is 2. The van der Waals surface area contributed by atoms with Gasteiger partial charge in [-0.1, -0.05) is 18.9 Å². The molecular formula is C13H21N3S. The van der Waals surface area contributed by atoms with Crippen LogP contribution < -0.4 is 10.6 Å². The summed E-state index contributed by atoms with van der Waals surface area (Å²) in [6.45, 7) is 3.81. The molecule has 1 aliphatic carbocycles. The minimum atomic E-state index is 0.621. The Morgan fingerprint density at radius 3 is 2.94 bits per heavy atom. The summed E-state index contributed by atoms with van der Waals surface area (Å²) < 4.78 is 0. The smallest absolute Gasteiger partial charge is 0.191 e. The molecule has 1 aliphatic rings. The van der Waals surface area contributed by atoms with Crippen molar-refractivity contribution in [3.05, 3.63) is 22.4 Å². The molecule has 1 aromatic rings. The molecule has 3 nitrogen and oxygen atoms in total. The molecule has 1 fully saturated rings. The molecule has 0 aromatic carbocycles. The van der Waals surface area contributed by atoms with Crippen LogP contribution in [0.25, 0.3) is 0 Å². The third kappa shape index (κ3) is 4.04. The first-order valence-electron chi connectivity index (χ1n) is 6.45. The van der Waals surface area contributed by atoms with E-state index < -0.39 is 0 Å². The van der Waals surface area contributed by atoms with Gasteiger partial charge in [0.2, 0.25) is 0 Å². The molecule has 0 bridgehead atoms. The van der Waals surface area contributed by atoms with E-state index in [4.69, 9.17) is 0 Å². The molecule has 0 radical (unpaired) electrons. The summed E-state index contributed by atoms with van der Waals surface area (Å²) in [7, 11) is 0. The van der Waals surface area contributed by atoms with Crippen molar-refractivity contribution in [1.82, 2.24) is 10.6 Å². The zero-order chi connectivity index (χ0) is 11.9. The third-order valence-electron chi connectivity index (χ3n) is 3.01. The monoisotopic (exact) mass is 251 g/mol. The first-order chi connectivity index (χ1) is 8.38. The van der Waals surface area contributed by atoms with Gasteiger partial charge in [0.05, 0.1) is 6.54 Å². The van der Waals surface area contributed by atoms with Crippen molar-refractivity contribution >= 4 is 17.3 Å². The quantitative estimate of drug-likeness (QED) is 0.637. The molecule has 2 N–H and O–H groups in total. The number of guanidine groups is 1. The Morgan fingerprint density at radius 2 is 2.29 bits per heavy atom. The first kappa shape index (κ1) is 12.4. The van der Waals surface area contributed by atoms with Gasteiger partial charge in [0.25, 0.3) is 0 Å². The van der Waals surface area contributed by atoms with Gasteiger partial charge in [0, 0.05) is 17.5 Å². The van der Waals surface area contributed by atoms with Crippen LogP contribution in [0.3, 0.4) is 0 Å². The molecule has 0 amide bonds. The highest BCUT2D eigenvalue weighted by Gasteiger charge is 2.15. The first-order valence-corrected chi connectivity index (χ1v) is 7.33. The van der Waals surface area contributed by atoms with Gasteiger partial charge in [-0.15, -0.1) is 11.3 Å². The van der Waals surface area contributed by atoms with E-state index >= 15 is 0 Å². The Balaban J connectivity index is 1.88. The second-order valence-corrected chi connectivity index (χ2v) is 5.43. The van der Waals surface area contributed by atoms with E-state index in [9.17, 15) is 0 Å². The number of thiophene rings is 1. The van der Waals surface area contributed by atoms with Gasteiger partial charge in [-0.3, -0.25) is 0 Å². The Morgan fingerprint density at radius 1 is 1.47 bits per heavy atom. The van der Waals surface area contributed by atoms with Crippen molar-refractivity contribution in [3.63, 3.8) is 0 Å². The van der Waals surface area contributed by atoms with Crippen molar-refractivity contribution in [3.8, 4) is 0 Å². The number of nitrogens with one attached hydrogen (secondary N) is 2. The van der Waals surface area contributed by atoms with Crippen LogP contribution in [0.15, 0.2) is 22.5 Å². The molecule has 0 saturated heterocycles. The van der Waals surface area contributed by atoms with Gasteiger partial charge in [0.1, 0.15) is 0 Å². The minimum absolute atomic E-state index is 0.621. The Hall–Kier alpha value is -1.03. The summed E-state index contributed by atoms with van der Waals surface area (Å²) in [4.78, 5) is 5.94. The van der Waals surface area contributed by atoms with Gasteiger partial charge < -0.3 is 10.6 Å². The van der Waals surface area contributed by atoms with Gasteiger partial charge in [-0.2, -0.15) is 0 Å². The zero-order valence-electron chi connectivity index (χ0n) is 10.4. The highest BCUT2D eigenvalue weighted by atomic mass is 32.1. The highest BCUT2D eigenvalue weighted by molar-refractivity contribution is 7.09. The van der Waals surface area contributed by atoms with Crippen LogP contribution in [0.4, 0.5) is 0 Å². The summed E-state index contributed by atoms with van der Waals surface area (Å²) in [6.07, 6.45) is 5.26. The van der Waals surface area contributed by atoms with Crippen molar-refractivity contribution in [2.75, 3.05) is 6.54 Å². The fourth-order valence-corrected chi connectivity index (χ4v) is 2.77. The lowest BCUT2D eigenvalue weighted by molar-refractivity contribution is 0.614. The summed E-state index contributed by atoms with van der Waals surface area (Å²) >= 11 is 1.76. The van der Waals surface area contributed by atoms with Crippen LogP contribution >= 0.6 is 11.3 Å². The lowest BCUT2D eigenvalue weighted by atomic mass is 10.2. The zero-order valence-corrected chi connectivity index (χ0v) is 11.2. The van der Waals surface area contributed by atoms with Gasteiger partial charge in [0.15, 0.2) is 5.96 Å². The highest BCUT2D eigenvalue weighted by Crippen LogP contribution is 2.17. The van der Waals surface area contributed by atoms with Gasteiger partial charge >= 0.3 is 0 Å². The summed E-state index contributed by atoms with van der Waals surface area (Å²) in [5.41, 5.74) is 0. The Labute approximate surface area is 107 Å². The lowest BCUT2D eigenvalue weighted by Crippen LogP contribution is -2.42. The average Bonchev–Trinajstić information content (AvgIpc) is 2.99. The van der Waals surface area contributed by atoms with E-state index in [2.05, 4.69) is 40.1 Å². The van der Waals surface area contributed by atoms with Crippen molar-refractivity contribution in [2.24, 2.45) is 4.99 Å². The second kappa shape index (κ2) is 6.64. The molecule has 0 unspecified atom stereocenters. The van der Waals surface area contributed by atoms with E-state index in [-0.39, 0.29) is 0 Å². The van der Waals surface area contributed by atoms with Gasteiger partial charge in [-0.05, 0) is 31.2 Å². The molecule has 1 saturated carbocycles. The fraction of sp³-hybridized carbons (Fsp3) is 0.615. The molecular weight excluding hydrogens is 230 g/mol. The van der Waals surface area contributed by atoms with Crippen LogP contribution in [0.5, 0.6) is 0 Å². The molecule has 0 atom stereocenters. The molecule has 0 spiro atoms. The standard InChI is InChI=1S/C13H21N3S/c1-2-14-13(16-11-6-3-4-7-11)15-10-12-8-5-9-17-12/h5,8-9,11H,2-4,6-7,10H2,1H3,(H2,14,15,16). The Bertz CT molecular complexity index is 340. The van der Waals surface area contributed by atoms with E-state index in [1.54, 1.807) is 11.3 Å². The van der Waals surface area contributed by atoms with Crippen LogP contribution in [0.1, 0.15) is 37.5 Å². The molecule has 1 heterocycles. The van der Waals surface area contributed by atoms with E-state index in [1.807, 2.05) is 0 Å². The van der Waals surface area contributed by atoms with E-state index in [1.165, 1.54) is 30.6 Å². The topological polar surface area (TPSA) is 36.4 Å². The van der Waals surface area contributed by atoms with E-state index in [0.717, 1.165) is 19.0 Å². The summed E-state index contributed by atoms with van der Waals surface area (Å²) in [5.74, 6) is 0.966. The second-order valence-electron chi connectivity index (χ2n) is 4.40. The van der Waals surface area contributed by atoms with Crippen LogP contribution in [-0.4, -0.2) is 18.5 Å². The predicted molar refractivity (Wildman–Crippen MR) is 74.5 cm³/mol. The van der Waals surface area contributed by atoms with Crippen LogP contribution in [-0.2, 0) is 6.54 Å². The fourth-order valence-electron chi connectivity index (χ4n) is 2.14. The number of nitrogens with zero attached hydrogens (tertiary/aromatic N) is 1. The summed E-state index contributed by atoms with van der Waals surface area (Å²) in [5, 5.41) is 8.94. The number of hydrogen-bond acceptors (Lipinski definition) is 2. The minimum Gasteiger partial charge on any atom is -0.357 e. The van der Waals surface area contributed by atoms with Gasteiger partial charge in [-0.25, -0.2) is 4.99 Å². The molecule has 0 aliphatic heterocycles. The maximum absolute atomic E-state index is 4.62. The Kier molecular flexibility index (Phi) is 4.86.